The molecule has 0 aromatic carbocycles. The van der Waals surface area contributed by atoms with E-state index in [-0.39, 0.29) is 67.1 Å². The Balaban J connectivity index is -0.00000000333. The SMILES string of the molecule is CCC.[Br-].[Cl-].[Li+].[Li+]. The Morgan fingerprint density at radius 3 is 1.00 bits per heavy atom. The Bertz CT molecular complexity index is 12.9. The van der Waals surface area contributed by atoms with Crippen LogP contribution in [0.5, 0.6) is 0 Å². The molecule has 0 aliphatic heterocycles. The van der Waals surface area contributed by atoms with E-state index < -0.39 is 0 Å². The molecule has 0 amide bonds. The van der Waals surface area contributed by atoms with E-state index >= 15 is 0 Å². The fraction of sp³-hybridized carbons (Fsp3) is 1.00. The third kappa shape index (κ3) is 73.4. The zero-order valence-electron chi connectivity index (χ0n) is 5.46. The van der Waals surface area contributed by atoms with Crippen LogP contribution in [-0.4, -0.2) is 0 Å². The summed E-state index contributed by atoms with van der Waals surface area (Å²) in [6.07, 6.45) is 1.25. The van der Waals surface area contributed by atoms with Gasteiger partial charge in [-0.1, -0.05) is 20.3 Å². The first-order valence-electron chi connectivity index (χ1n) is 1.41. The van der Waals surface area contributed by atoms with Crippen molar-refractivity contribution in [2.45, 2.75) is 20.3 Å². The zero-order valence-corrected chi connectivity index (χ0v) is 7.80. The molecular formula is C3H8BrClLi2. The summed E-state index contributed by atoms with van der Waals surface area (Å²) in [5.41, 5.74) is 0. The summed E-state index contributed by atoms with van der Waals surface area (Å²) < 4.78 is 0. The van der Waals surface area contributed by atoms with Crippen molar-refractivity contribution < 1.29 is 67.1 Å². The predicted molar refractivity (Wildman–Crippen MR) is 16.0 cm³/mol. The number of hydrogen-bond acceptors (Lipinski definition) is 0. The van der Waals surface area contributed by atoms with Crippen LogP contribution in [0.1, 0.15) is 20.3 Å². The van der Waals surface area contributed by atoms with Gasteiger partial charge >= 0.3 is 37.7 Å². The third-order valence-corrected chi connectivity index (χ3v) is 0. The molecular weight excluding hydrogens is 165 g/mol. The Morgan fingerprint density at radius 1 is 1.00 bits per heavy atom. The van der Waals surface area contributed by atoms with Gasteiger partial charge in [-0.15, -0.1) is 0 Å². The molecule has 7 heavy (non-hydrogen) atoms. The molecule has 0 saturated carbocycles. The van der Waals surface area contributed by atoms with Crippen LogP contribution in [0.25, 0.3) is 0 Å². The van der Waals surface area contributed by atoms with Crippen LogP contribution < -0.4 is 67.1 Å². The van der Waals surface area contributed by atoms with Crippen molar-refractivity contribution in [2.75, 3.05) is 0 Å². The van der Waals surface area contributed by atoms with Crippen LogP contribution in [0.4, 0.5) is 0 Å². The first kappa shape index (κ1) is 36.2. The van der Waals surface area contributed by atoms with Crippen molar-refractivity contribution in [1.82, 2.24) is 0 Å². The van der Waals surface area contributed by atoms with E-state index in [2.05, 4.69) is 13.8 Å². The Hall–Kier alpha value is 1.96. The topological polar surface area (TPSA) is 0 Å². The van der Waals surface area contributed by atoms with E-state index in [0.29, 0.717) is 0 Å². The molecule has 0 radical (unpaired) electrons. The average Bonchev–Trinajstić information content (AvgIpc) is 0.918. The first-order valence-corrected chi connectivity index (χ1v) is 1.41. The largest absolute Gasteiger partial charge is 1.00 e. The van der Waals surface area contributed by atoms with Gasteiger partial charge < -0.3 is 29.4 Å². The van der Waals surface area contributed by atoms with Crippen LogP contribution in [0, 0.1) is 0 Å². The van der Waals surface area contributed by atoms with Crippen LogP contribution in [0.3, 0.4) is 0 Å². The summed E-state index contributed by atoms with van der Waals surface area (Å²) in [7, 11) is 0. The molecule has 0 N–H and O–H groups in total. The van der Waals surface area contributed by atoms with Gasteiger partial charge in [-0.05, 0) is 0 Å². The molecule has 0 spiro atoms. The van der Waals surface area contributed by atoms with Gasteiger partial charge in [-0.25, -0.2) is 0 Å². The Morgan fingerprint density at radius 2 is 1.00 bits per heavy atom. The van der Waals surface area contributed by atoms with E-state index in [1.165, 1.54) is 6.42 Å². The van der Waals surface area contributed by atoms with Gasteiger partial charge in [0.1, 0.15) is 0 Å². The van der Waals surface area contributed by atoms with Crippen molar-refractivity contribution in [1.29, 1.82) is 0 Å². The fourth-order valence-electron chi connectivity index (χ4n) is 0. The summed E-state index contributed by atoms with van der Waals surface area (Å²) in [4.78, 5) is 0. The molecule has 0 atom stereocenters. The third-order valence-electron chi connectivity index (χ3n) is 0. The molecule has 36 valence electrons. The van der Waals surface area contributed by atoms with Crippen molar-refractivity contribution in [3.8, 4) is 0 Å². The molecule has 0 unspecified atom stereocenters. The van der Waals surface area contributed by atoms with Crippen molar-refractivity contribution >= 4 is 0 Å². The van der Waals surface area contributed by atoms with Gasteiger partial charge in [0.05, 0.1) is 0 Å². The summed E-state index contributed by atoms with van der Waals surface area (Å²) >= 11 is 0. The molecule has 0 aliphatic carbocycles. The summed E-state index contributed by atoms with van der Waals surface area (Å²) in [5, 5.41) is 0. The smallest absolute Gasteiger partial charge is 1.00 e. The van der Waals surface area contributed by atoms with Crippen LogP contribution in [0.15, 0.2) is 0 Å². The van der Waals surface area contributed by atoms with E-state index in [1.54, 1.807) is 0 Å². The Kier molecular flexibility index (Phi) is 227. The van der Waals surface area contributed by atoms with Crippen molar-refractivity contribution in [3.05, 3.63) is 0 Å². The molecule has 0 aliphatic rings. The first-order chi connectivity index (χ1) is 1.41. The van der Waals surface area contributed by atoms with Crippen molar-refractivity contribution in [3.63, 3.8) is 0 Å². The maximum atomic E-state index is 2.12. The summed E-state index contributed by atoms with van der Waals surface area (Å²) in [6, 6.07) is 0. The zero-order chi connectivity index (χ0) is 2.71. The van der Waals surface area contributed by atoms with Crippen molar-refractivity contribution in [2.24, 2.45) is 0 Å². The molecule has 0 aromatic heterocycles. The minimum Gasteiger partial charge on any atom is -1.00 e. The molecule has 0 fully saturated rings. The van der Waals surface area contributed by atoms with Gasteiger partial charge in [-0.2, -0.15) is 0 Å². The molecule has 0 aromatic rings. The van der Waals surface area contributed by atoms with Gasteiger partial charge in [0.2, 0.25) is 0 Å². The minimum absolute atomic E-state index is 0. The quantitative estimate of drug-likeness (QED) is 0.319. The van der Waals surface area contributed by atoms with E-state index in [9.17, 15) is 0 Å². The van der Waals surface area contributed by atoms with Gasteiger partial charge in [0.25, 0.3) is 0 Å². The number of rotatable bonds is 0. The second-order valence-corrected chi connectivity index (χ2v) is 0.707. The molecule has 0 heterocycles. The number of halogens is 2. The average molecular weight is 173 g/mol. The standard InChI is InChI=1S/C3H8.BrH.ClH.2Li/c1-3-2;;;;/h3H2,1-2H3;2*1H;;/q;;;2*+1/p-2. The maximum absolute atomic E-state index is 2.12. The molecule has 4 heteroatoms. The maximum Gasteiger partial charge on any atom is 1.00 e. The van der Waals surface area contributed by atoms with Crippen LogP contribution in [0.2, 0.25) is 0 Å². The van der Waals surface area contributed by atoms with E-state index in [4.69, 9.17) is 0 Å². The number of hydrogen-bond donors (Lipinski definition) is 0. The molecule has 0 saturated heterocycles. The normalized spacial score (nSPS) is 2.57. The van der Waals surface area contributed by atoms with E-state index in [1.807, 2.05) is 0 Å². The Labute approximate surface area is 86.7 Å². The van der Waals surface area contributed by atoms with Gasteiger partial charge in [-0.3, -0.25) is 0 Å². The predicted octanol–water partition coefficient (Wildman–Crippen LogP) is -10.6. The molecule has 0 rings (SSSR count). The molecule has 0 bridgehead atoms. The molecule has 0 nitrogen and oxygen atoms in total. The monoisotopic (exact) mass is 172 g/mol. The van der Waals surface area contributed by atoms with Gasteiger partial charge in [0, 0.05) is 0 Å². The second kappa shape index (κ2) is 44.0. The second-order valence-electron chi connectivity index (χ2n) is 0.707. The fourth-order valence-corrected chi connectivity index (χ4v) is 0. The summed E-state index contributed by atoms with van der Waals surface area (Å²) in [6.45, 7) is 4.25. The van der Waals surface area contributed by atoms with E-state index in [0.717, 1.165) is 0 Å². The van der Waals surface area contributed by atoms with Crippen LogP contribution in [-0.2, 0) is 0 Å². The van der Waals surface area contributed by atoms with Crippen LogP contribution >= 0.6 is 0 Å². The summed E-state index contributed by atoms with van der Waals surface area (Å²) in [5.74, 6) is 0. The van der Waals surface area contributed by atoms with Gasteiger partial charge in [0.15, 0.2) is 0 Å². The minimum atomic E-state index is 0.